The number of piperidine rings is 1. The Bertz CT molecular complexity index is 2600. The normalized spacial score (nSPS) is 20.6. The molecule has 2 aromatic heterocycles. The van der Waals surface area contributed by atoms with Gasteiger partial charge >= 0.3 is 12.2 Å². The Labute approximate surface area is 353 Å². The lowest BCUT2D eigenvalue weighted by atomic mass is 9.96. The molecule has 2 aliphatic heterocycles. The van der Waals surface area contributed by atoms with Crippen molar-refractivity contribution in [2.24, 2.45) is 11.8 Å². The van der Waals surface area contributed by atoms with E-state index in [1.54, 1.807) is 0 Å². The highest BCUT2D eigenvalue weighted by Gasteiger charge is 2.51. The van der Waals surface area contributed by atoms with Crippen LogP contribution < -0.4 is 10.6 Å². The molecule has 2 bridgehead atoms. The second-order valence-electron chi connectivity index (χ2n) is 16.7. The lowest BCUT2D eigenvalue weighted by molar-refractivity contribution is -0.138. The molecular weight excluding hydrogens is 773 g/mol. The van der Waals surface area contributed by atoms with Crippen LogP contribution in [0.1, 0.15) is 81.3 Å². The maximum Gasteiger partial charge on any atom is 0.407 e. The Morgan fingerprint density at radius 2 is 1.52 bits per heavy atom. The summed E-state index contributed by atoms with van der Waals surface area (Å²) in [6, 6.07) is 26.2. The van der Waals surface area contributed by atoms with Gasteiger partial charge in [0.25, 0.3) is 5.91 Å². The van der Waals surface area contributed by atoms with E-state index in [0.717, 1.165) is 87.9 Å². The van der Waals surface area contributed by atoms with Crippen LogP contribution in [0.15, 0.2) is 91.1 Å². The molecule has 4 N–H and O–H groups in total. The molecule has 0 spiro atoms. The quantitative estimate of drug-likeness (QED) is 0.108. The summed E-state index contributed by atoms with van der Waals surface area (Å²) >= 11 is 0. The smallest absolute Gasteiger partial charge is 0.407 e. The molecule has 9 rings (SSSR count). The van der Waals surface area contributed by atoms with Gasteiger partial charge in [-0.15, -0.1) is 0 Å². The zero-order valence-corrected chi connectivity index (χ0v) is 34.7. The number of imidazole rings is 2. The van der Waals surface area contributed by atoms with Crippen molar-refractivity contribution in [2.75, 3.05) is 20.8 Å². The van der Waals surface area contributed by atoms with Crippen LogP contribution in [0.25, 0.3) is 44.2 Å². The van der Waals surface area contributed by atoms with Gasteiger partial charge in [0.1, 0.15) is 23.7 Å². The Morgan fingerprint density at radius 3 is 2.28 bits per heavy atom. The van der Waals surface area contributed by atoms with Crippen LogP contribution in [-0.4, -0.2) is 86.6 Å². The summed E-state index contributed by atoms with van der Waals surface area (Å²) in [7, 11) is 2.59. The summed E-state index contributed by atoms with van der Waals surface area (Å²) in [6.45, 7) is 4.40. The van der Waals surface area contributed by atoms with Gasteiger partial charge in [-0.3, -0.25) is 9.59 Å². The number of carbonyl (C=O) groups is 4. The van der Waals surface area contributed by atoms with Crippen molar-refractivity contribution in [3.05, 3.63) is 108 Å². The molecule has 0 unspecified atom stereocenters. The number of nitrogens with zero attached hydrogens (tertiary/aromatic N) is 4. The molecule has 61 heavy (non-hydrogen) atoms. The number of nitrogens with one attached hydrogen (secondary N) is 4. The van der Waals surface area contributed by atoms with Gasteiger partial charge in [0.2, 0.25) is 5.91 Å². The molecule has 0 radical (unpaired) electrons. The van der Waals surface area contributed by atoms with Gasteiger partial charge in [0.05, 0.1) is 49.2 Å². The lowest BCUT2D eigenvalue weighted by Crippen LogP contribution is -2.51. The van der Waals surface area contributed by atoms with Gasteiger partial charge in [-0.1, -0.05) is 86.6 Å². The molecule has 1 aliphatic carbocycles. The average Bonchev–Trinajstić information content (AvgIpc) is 4.15. The predicted molar refractivity (Wildman–Crippen MR) is 230 cm³/mol. The number of rotatable bonds is 10. The van der Waals surface area contributed by atoms with E-state index in [1.807, 2.05) is 66.2 Å². The number of carbonyl (C=O) groups excluding carboxylic acids is 4. The van der Waals surface area contributed by atoms with E-state index in [9.17, 15) is 19.2 Å². The molecule has 3 aliphatic rings. The number of H-pyrrole nitrogens is 2. The van der Waals surface area contributed by atoms with Crippen LogP contribution in [-0.2, 0) is 19.1 Å². The van der Waals surface area contributed by atoms with Crippen LogP contribution >= 0.6 is 0 Å². The van der Waals surface area contributed by atoms with Crippen molar-refractivity contribution in [3.63, 3.8) is 0 Å². The number of ether oxygens (including phenoxy) is 2. The van der Waals surface area contributed by atoms with E-state index in [1.165, 1.54) is 14.2 Å². The first-order valence-electron chi connectivity index (χ1n) is 21.1. The predicted octanol–water partition coefficient (Wildman–Crippen LogP) is 7.97. The van der Waals surface area contributed by atoms with Crippen molar-refractivity contribution >= 4 is 45.8 Å². The van der Waals surface area contributed by atoms with Crippen molar-refractivity contribution < 1.29 is 28.7 Å². The minimum absolute atomic E-state index is 0.0725. The fourth-order valence-electron chi connectivity index (χ4n) is 9.74. The van der Waals surface area contributed by atoms with Crippen LogP contribution in [0, 0.1) is 11.8 Å². The molecule has 2 saturated heterocycles. The van der Waals surface area contributed by atoms with E-state index >= 15 is 0 Å². The first-order valence-corrected chi connectivity index (χ1v) is 21.1. The first-order chi connectivity index (χ1) is 29.6. The van der Waals surface area contributed by atoms with Crippen molar-refractivity contribution in [1.82, 2.24) is 40.4 Å². The van der Waals surface area contributed by atoms with Crippen LogP contribution in [0.4, 0.5) is 9.59 Å². The van der Waals surface area contributed by atoms with Gasteiger partial charge in [-0.05, 0) is 83.7 Å². The number of fused-ring (bicyclic) bond motifs is 5. The van der Waals surface area contributed by atoms with Crippen molar-refractivity contribution in [3.8, 4) is 22.4 Å². The minimum Gasteiger partial charge on any atom is -0.453 e. The second kappa shape index (κ2) is 16.4. The average molecular weight is 823 g/mol. The topological polar surface area (TPSA) is 175 Å². The van der Waals surface area contributed by atoms with Gasteiger partial charge < -0.3 is 39.9 Å². The molecule has 3 fully saturated rings. The van der Waals surface area contributed by atoms with E-state index in [-0.39, 0.29) is 41.8 Å². The number of amides is 4. The zero-order chi connectivity index (χ0) is 42.4. The number of hydrogen-bond donors (Lipinski definition) is 4. The number of hydrogen-bond acceptors (Lipinski definition) is 8. The Hall–Kier alpha value is -6.70. The molecule has 6 atom stereocenters. The van der Waals surface area contributed by atoms with Crippen LogP contribution in [0.3, 0.4) is 0 Å². The summed E-state index contributed by atoms with van der Waals surface area (Å²) in [6.07, 6.45) is 5.00. The third-order valence-electron chi connectivity index (χ3n) is 12.8. The van der Waals surface area contributed by atoms with Crippen LogP contribution in [0.5, 0.6) is 0 Å². The number of aromatic amines is 2. The second-order valence-corrected chi connectivity index (χ2v) is 16.7. The molecule has 14 nitrogen and oxygen atoms in total. The highest BCUT2D eigenvalue weighted by atomic mass is 16.5. The molecule has 4 heterocycles. The van der Waals surface area contributed by atoms with Crippen molar-refractivity contribution in [1.29, 1.82) is 0 Å². The minimum atomic E-state index is -0.877. The molecular formula is C47H50N8O6. The monoisotopic (exact) mass is 822 g/mol. The number of likely N-dealkylation sites (tertiary alicyclic amines) is 2. The molecule has 6 aromatic rings. The third-order valence-corrected chi connectivity index (χ3v) is 12.8. The molecule has 314 valence electrons. The van der Waals surface area contributed by atoms with E-state index in [4.69, 9.17) is 19.4 Å². The van der Waals surface area contributed by atoms with Gasteiger partial charge in [0.15, 0.2) is 0 Å². The number of benzene rings is 4. The summed E-state index contributed by atoms with van der Waals surface area (Å²) in [4.78, 5) is 73.2. The van der Waals surface area contributed by atoms with E-state index in [2.05, 4.69) is 69.1 Å². The lowest BCUT2D eigenvalue weighted by Gasteiger charge is -2.36. The summed E-state index contributed by atoms with van der Waals surface area (Å²) in [5, 5.41) is 7.55. The maximum absolute atomic E-state index is 14.3. The summed E-state index contributed by atoms with van der Waals surface area (Å²) in [5.74, 6) is 1.33. The zero-order valence-electron chi connectivity index (χ0n) is 34.7. The highest BCUT2D eigenvalue weighted by Crippen LogP contribution is 2.50. The molecule has 14 heteroatoms. The SMILES string of the molecule is COC(=O)N[C@H](C(=O)N1CCC[C@H]1c1nc2c(ccc3cc(-c4ccc(-c5cnc([C@@H]6[C@H]7CC[C@H](C7)N6C(=O)[C@H](NC(=O)OC)c6ccccc6)[nH]5)cc4)ccc32)[nH]1)C(C)C. The summed E-state index contributed by atoms with van der Waals surface area (Å²) in [5.41, 5.74) is 6.41. The summed E-state index contributed by atoms with van der Waals surface area (Å²) < 4.78 is 9.69. The third kappa shape index (κ3) is 7.44. The molecule has 4 amide bonds. The van der Waals surface area contributed by atoms with Gasteiger partial charge in [-0.25, -0.2) is 19.6 Å². The van der Waals surface area contributed by atoms with Crippen molar-refractivity contribution in [2.45, 2.75) is 76.2 Å². The number of aromatic nitrogens is 4. The van der Waals surface area contributed by atoms with E-state index in [0.29, 0.717) is 12.1 Å². The molecule has 1 saturated carbocycles. The fourth-order valence-corrected chi connectivity index (χ4v) is 9.74. The molecule has 4 aromatic carbocycles. The van der Waals surface area contributed by atoms with Gasteiger partial charge in [0, 0.05) is 18.0 Å². The highest BCUT2D eigenvalue weighted by molar-refractivity contribution is 6.05. The Morgan fingerprint density at radius 1 is 0.787 bits per heavy atom. The van der Waals surface area contributed by atoms with Crippen LogP contribution in [0.2, 0.25) is 0 Å². The first kappa shape index (κ1) is 39.7. The Kier molecular flexibility index (Phi) is 10.7. The maximum atomic E-state index is 14.3. The number of alkyl carbamates (subject to hydrolysis) is 2. The van der Waals surface area contributed by atoms with E-state index < -0.39 is 24.3 Å². The van der Waals surface area contributed by atoms with Gasteiger partial charge in [-0.2, -0.15) is 0 Å². The Balaban J connectivity index is 0.929. The fraction of sp³-hybridized carbons (Fsp3) is 0.362. The number of methoxy groups -OCH3 is 2. The largest absolute Gasteiger partial charge is 0.453 e. The standard InChI is InChI=1S/C47H50N8O6/c1-26(2)38(52-46(58)60-3)44(56)54-22-8-11-37(54)42-49-35-21-18-31-23-30(17-20-34(31)40(35)51-42)27-12-14-28(15-13-27)36-25-48-43(50-36)41-32-16-19-33(24-32)55(41)45(57)39(53-47(59)61-4)29-9-6-5-7-10-29/h5-7,9-10,12-15,17-18,20-21,23,25-26,32-33,37-39,41H,8,11,16,19,22,24H2,1-4H3,(H,48,50)(H,49,51)(H,52,58)(H,53,59)/t32-,33+,37-,38-,39+,41-/m0/s1.